The molecule has 0 spiro atoms. The van der Waals surface area contributed by atoms with Gasteiger partial charge in [-0.05, 0) is 49.7 Å². The van der Waals surface area contributed by atoms with Crippen LogP contribution < -0.4 is 0 Å². The molecule has 0 saturated heterocycles. The van der Waals surface area contributed by atoms with Crippen molar-refractivity contribution in [1.82, 2.24) is 0 Å². The summed E-state index contributed by atoms with van der Waals surface area (Å²) in [7, 11) is 0. The van der Waals surface area contributed by atoms with E-state index in [1.54, 1.807) is 0 Å². The lowest BCUT2D eigenvalue weighted by Gasteiger charge is -2.27. The van der Waals surface area contributed by atoms with Crippen LogP contribution in [0, 0.1) is 17.8 Å². The Morgan fingerprint density at radius 2 is 1.27 bits per heavy atom. The molecule has 0 fully saturated rings. The Bertz CT molecular complexity index is 866. The van der Waals surface area contributed by atoms with Gasteiger partial charge in [-0.25, -0.2) is 0 Å². The molecule has 0 heterocycles. The van der Waals surface area contributed by atoms with Crippen molar-refractivity contribution < 1.29 is 9.59 Å². The second-order valence-corrected chi connectivity index (χ2v) is 8.77. The molecule has 30 heavy (non-hydrogen) atoms. The number of aryl methyl sites for hydroxylation is 2. The first-order valence-corrected chi connectivity index (χ1v) is 11.2. The van der Waals surface area contributed by atoms with Gasteiger partial charge in [0.1, 0.15) is 0 Å². The Kier molecular flexibility index (Phi) is 8.77. The van der Waals surface area contributed by atoms with Crippen LogP contribution >= 0.6 is 0 Å². The summed E-state index contributed by atoms with van der Waals surface area (Å²) in [5, 5.41) is 0. The maximum absolute atomic E-state index is 13.5. The van der Waals surface area contributed by atoms with Gasteiger partial charge in [-0.2, -0.15) is 0 Å². The summed E-state index contributed by atoms with van der Waals surface area (Å²) in [6.07, 6.45) is 4.33. The number of Topliss-reactive ketones (excluding diaryl/α,β-unsaturated/α-hetero) is 2. The number of carbonyl (C=O) groups excluding carboxylic acids is 2. The molecule has 2 aromatic carbocycles. The minimum atomic E-state index is -0.304. The summed E-state index contributed by atoms with van der Waals surface area (Å²) in [4.78, 5) is 26.5. The van der Waals surface area contributed by atoms with Crippen molar-refractivity contribution in [3.63, 3.8) is 0 Å². The number of benzene rings is 2. The van der Waals surface area contributed by atoms with Gasteiger partial charge >= 0.3 is 0 Å². The molecule has 2 atom stereocenters. The number of ketones is 2. The van der Waals surface area contributed by atoms with E-state index in [1.165, 1.54) is 11.1 Å². The molecule has 0 amide bonds. The quantitative estimate of drug-likeness (QED) is 0.312. The van der Waals surface area contributed by atoms with Crippen LogP contribution in [0.25, 0.3) is 0 Å². The van der Waals surface area contributed by atoms with Crippen LogP contribution in [-0.4, -0.2) is 11.6 Å². The summed E-state index contributed by atoms with van der Waals surface area (Å²) in [5.74, 6) is 0.0746. The third-order valence-corrected chi connectivity index (χ3v) is 5.89. The van der Waals surface area contributed by atoms with Gasteiger partial charge < -0.3 is 0 Å². The molecule has 2 nitrogen and oxygen atoms in total. The largest absolute Gasteiger partial charge is 0.294 e. The van der Waals surface area contributed by atoms with Crippen LogP contribution in [0.2, 0.25) is 0 Å². The highest BCUT2D eigenvalue weighted by Gasteiger charge is 2.31. The Labute approximate surface area is 182 Å². The molecule has 0 saturated carbocycles. The number of rotatable bonds is 10. The minimum Gasteiger partial charge on any atom is -0.294 e. The molecule has 2 aromatic rings. The SMILES string of the molecule is CCc1ccc(C(=O)C[C@H](C(C)C)[C@H](C=C(C)C)C(=O)c2ccc(CC)cc2)cc1. The Hall–Kier alpha value is -2.48. The summed E-state index contributed by atoms with van der Waals surface area (Å²) < 4.78 is 0. The maximum atomic E-state index is 13.5. The molecule has 2 rings (SSSR count). The van der Waals surface area contributed by atoms with Crippen molar-refractivity contribution in [2.75, 3.05) is 0 Å². The molecule has 0 bridgehead atoms. The van der Waals surface area contributed by atoms with Gasteiger partial charge in [0.2, 0.25) is 0 Å². The highest BCUT2D eigenvalue weighted by Crippen LogP contribution is 2.31. The monoisotopic (exact) mass is 404 g/mol. The zero-order valence-electron chi connectivity index (χ0n) is 19.4. The highest BCUT2D eigenvalue weighted by molar-refractivity contribution is 6.00. The minimum absolute atomic E-state index is 0.0448. The third kappa shape index (κ3) is 6.26. The lowest BCUT2D eigenvalue weighted by atomic mass is 9.75. The lowest BCUT2D eigenvalue weighted by Crippen LogP contribution is -2.29. The first kappa shape index (κ1) is 23.8. The van der Waals surface area contributed by atoms with Crippen LogP contribution in [-0.2, 0) is 12.8 Å². The molecule has 0 aliphatic carbocycles. The summed E-state index contributed by atoms with van der Waals surface area (Å²) in [6, 6.07) is 15.8. The lowest BCUT2D eigenvalue weighted by molar-refractivity contribution is 0.0839. The van der Waals surface area contributed by atoms with Gasteiger partial charge in [-0.15, -0.1) is 0 Å². The topological polar surface area (TPSA) is 34.1 Å². The van der Waals surface area contributed by atoms with E-state index in [0.29, 0.717) is 6.42 Å². The van der Waals surface area contributed by atoms with Crippen molar-refractivity contribution in [3.05, 3.63) is 82.4 Å². The molecule has 0 unspecified atom stereocenters. The van der Waals surface area contributed by atoms with E-state index in [1.807, 2.05) is 68.5 Å². The molecular formula is C28H36O2. The smallest absolute Gasteiger partial charge is 0.170 e. The standard InChI is InChI=1S/C28H36O2/c1-7-21-9-13-23(14-10-21)27(29)18-25(20(5)6)26(17-19(3)4)28(30)24-15-11-22(8-2)12-16-24/h9-17,20,25-26H,7-8,18H2,1-6H3/t25-,26+/m1/s1. The van der Waals surface area contributed by atoms with Crippen LogP contribution in [0.4, 0.5) is 0 Å². The number of hydrogen-bond donors (Lipinski definition) is 0. The fraction of sp³-hybridized carbons (Fsp3) is 0.429. The second kappa shape index (κ2) is 11.1. The molecule has 0 aliphatic heterocycles. The van der Waals surface area contributed by atoms with Gasteiger partial charge in [0, 0.05) is 23.5 Å². The van der Waals surface area contributed by atoms with Gasteiger partial charge in [0.25, 0.3) is 0 Å². The Morgan fingerprint density at radius 1 is 0.800 bits per heavy atom. The molecule has 0 radical (unpaired) electrons. The van der Waals surface area contributed by atoms with Crippen LogP contribution in [0.15, 0.2) is 60.2 Å². The van der Waals surface area contributed by atoms with Crippen molar-refractivity contribution in [2.45, 2.75) is 60.8 Å². The zero-order chi connectivity index (χ0) is 22.3. The van der Waals surface area contributed by atoms with Gasteiger partial charge in [-0.1, -0.05) is 87.9 Å². The van der Waals surface area contributed by atoms with Crippen LogP contribution in [0.3, 0.4) is 0 Å². The first-order valence-electron chi connectivity index (χ1n) is 11.2. The van der Waals surface area contributed by atoms with Crippen molar-refractivity contribution >= 4 is 11.6 Å². The number of carbonyl (C=O) groups is 2. The average molecular weight is 405 g/mol. The van der Waals surface area contributed by atoms with E-state index >= 15 is 0 Å². The van der Waals surface area contributed by atoms with Crippen LogP contribution in [0.5, 0.6) is 0 Å². The number of hydrogen-bond acceptors (Lipinski definition) is 2. The Balaban J connectivity index is 2.32. The predicted octanol–water partition coefficient (Wildman–Crippen LogP) is 7.12. The molecular weight excluding hydrogens is 368 g/mol. The normalized spacial score (nSPS) is 13.0. The van der Waals surface area contributed by atoms with Crippen molar-refractivity contribution in [1.29, 1.82) is 0 Å². The second-order valence-electron chi connectivity index (χ2n) is 8.77. The van der Waals surface area contributed by atoms with Crippen molar-refractivity contribution in [2.24, 2.45) is 17.8 Å². The van der Waals surface area contributed by atoms with Gasteiger partial charge in [-0.3, -0.25) is 9.59 Å². The van der Waals surface area contributed by atoms with E-state index < -0.39 is 0 Å². The first-order chi connectivity index (χ1) is 14.3. The van der Waals surface area contributed by atoms with E-state index in [0.717, 1.165) is 29.5 Å². The van der Waals surface area contributed by atoms with E-state index in [4.69, 9.17) is 0 Å². The molecule has 160 valence electrons. The molecule has 2 heteroatoms. The fourth-order valence-electron chi connectivity index (χ4n) is 3.89. The number of allylic oxidation sites excluding steroid dienone is 2. The summed E-state index contributed by atoms with van der Waals surface area (Å²) in [6.45, 7) is 12.5. The van der Waals surface area contributed by atoms with E-state index in [9.17, 15) is 9.59 Å². The summed E-state index contributed by atoms with van der Waals surface area (Å²) in [5.41, 5.74) is 4.99. The zero-order valence-corrected chi connectivity index (χ0v) is 19.4. The van der Waals surface area contributed by atoms with E-state index in [2.05, 4.69) is 27.7 Å². The Morgan fingerprint density at radius 3 is 1.67 bits per heavy atom. The third-order valence-electron chi connectivity index (χ3n) is 5.89. The average Bonchev–Trinajstić information content (AvgIpc) is 2.75. The maximum Gasteiger partial charge on any atom is 0.170 e. The molecule has 0 aromatic heterocycles. The highest BCUT2D eigenvalue weighted by atomic mass is 16.1. The van der Waals surface area contributed by atoms with Gasteiger partial charge in [0.05, 0.1) is 0 Å². The molecule has 0 N–H and O–H groups in total. The van der Waals surface area contributed by atoms with Gasteiger partial charge in [0.15, 0.2) is 11.6 Å². The molecule has 0 aliphatic rings. The summed E-state index contributed by atoms with van der Waals surface area (Å²) >= 11 is 0. The van der Waals surface area contributed by atoms with Crippen LogP contribution in [0.1, 0.15) is 79.8 Å². The fourth-order valence-corrected chi connectivity index (χ4v) is 3.89. The van der Waals surface area contributed by atoms with Crippen molar-refractivity contribution in [3.8, 4) is 0 Å². The predicted molar refractivity (Wildman–Crippen MR) is 126 cm³/mol. The van der Waals surface area contributed by atoms with E-state index in [-0.39, 0.29) is 29.3 Å².